The Morgan fingerprint density at radius 2 is 1.88 bits per heavy atom. The standard InChI is InChI=1S/C25H28Cl2FN3O3/c1-25(8-12-4-13(12)9-25)22(20-17(28)3-2-16(26)21(20)27)31-23(33)11-6-18(19(32)7-11)30-24(34)15-5-14(15)10-29/h2-3,11-15,18-19,22,32H,4-9H2,1H3,(H,30,34)(H,31,33)/t11-,12-,13+,14-,15-,18-,19+,22+,25?/m0/s1. The molecule has 6 nitrogen and oxygen atoms in total. The number of fused-ring (bicyclic) bond motifs is 1. The zero-order valence-electron chi connectivity index (χ0n) is 18.9. The molecule has 0 aromatic heterocycles. The Morgan fingerprint density at radius 1 is 1.18 bits per heavy atom. The number of hydrogen-bond acceptors (Lipinski definition) is 4. The van der Waals surface area contributed by atoms with Crippen LogP contribution in [0.25, 0.3) is 0 Å². The van der Waals surface area contributed by atoms with E-state index in [1.54, 1.807) is 0 Å². The molecule has 0 aliphatic heterocycles. The fraction of sp³-hybridized carbons (Fsp3) is 0.640. The van der Waals surface area contributed by atoms with E-state index in [9.17, 15) is 14.7 Å². The maximum absolute atomic E-state index is 15.0. The van der Waals surface area contributed by atoms with Crippen molar-refractivity contribution in [3.8, 4) is 6.07 Å². The first-order valence-electron chi connectivity index (χ1n) is 11.9. The van der Waals surface area contributed by atoms with Crippen LogP contribution in [0.15, 0.2) is 12.1 Å². The molecule has 3 N–H and O–H groups in total. The van der Waals surface area contributed by atoms with Crippen LogP contribution >= 0.6 is 23.2 Å². The molecule has 4 aliphatic rings. The van der Waals surface area contributed by atoms with E-state index in [4.69, 9.17) is 28.5 Å². The van der Waals surface area contributed by atoms with Crippen molar-refractivity contribution in [2.24, 2.45) is 35.0 Å². The van der Waals surface area contributed by atoms with Gasteiger partial charge in [-0.25, -0.2) is 4.39 Å². The number of nitriles is 1. The molecule has 4 saturated carbocycles. The number of amides is 2. The highest BCUT2D eigenvalue weighted by molar-refractivity contribution is 6.42. The SMILES string of the molecule is CC1([C@H](NC(=O)[C@@H]2C[C@@H](O)[C@@H](NC(=O)[C@H]3C[C@H]3C#N)C2)c2c(F)ccc(Cl)c2Cl)C[C@H]2C[C@H]2C1. The van der Waals surface area contributed by atoms with Gasteiger partial charge in [0.05, 0.1) is 46.1 Å². The lowest BCUT2D eigenvalue weighted by Crippen LogP contribution is -2.42. The number of aliphatic hydroxyl groups excluding tert-OH is 1. The van der Waals surface area contributed by atoms with Crippen LogP contribution in [-0.4, -0.2) is 29.1 Å². The quantitative estimate of drug-likeness (QED) is 0.503. The first-order chi connectivity index (χ1) is 16.1. The van der Waals surface area contributed by atoms with Crippen LogP contribution in [0.4, 0.5) is 4.39 Å². The number of carbonyl (C=O) groups is 2. The number of nitrogens with zero attached hydrogens (tertiary/aromatic N) is 1. The topological polar surface area (TPSA) is 102 Å². The number of carbonyl (C=O) groups excluding carboxylic acids is 2. The number of benzene rings is 1. The van der Waals surface area contributed by atoms with Gasteiger partial charge in [-0.05, 0) is 67.9 Å². The van der Waals surface area contributed by atoms with Crippen molar-refractivity contribution in [3.63, 3.8) is 0 Å². The summed E-state index contributed by atoms with van der Waals surface area (Å²) in [7, 11) is 0. The van der Waals surface area contributed by atoms with E-state index in [0.717, 1.165) is 12.8 Å². The number of hydrogen-bond donors (Lipinski definition) is 3. The molecule has 0 radical (unpaired) electrons. The summed E-state index contributed by atoms with van der Waals surface area (Å²) in [6, 6.07) is 3.57. The van der Waals surface area contributed by atoms with Crippen LogP contribution in [0.1, 0.15) is 57.1 Å². The summed E-state index contributed by atoms with van der Waals surface area (Å²) in [5.74, 6) is -0.996. The van der Waals surface area contributed by atoms with Crippen LogP contribution in [0.5, 0.6) is 0 Å². The summed E-state index contributed by atoms with van der Waals surface area (Å²) >= 11 is 12.7. The largest absolute Gasteiger partial charge is 0.391 e. The van der Waals surface area contributed by atoms with E-state index in [1.807, 2.05) is 0 Å². The third kappa shape index (κ3) is 4.29. The van der Waals surface area contributed by atoms with Crippen molar-refractivity contribution < 1.29 is 19.1 Å². The minimum Gasteiger partial charge on any atom is -0.391 e. The summed E-state index contributed by atoms with van der Waals surface area (Å²) in [5.41, 5.74) is -0.146. The van der Waals surface area contributed by atoms with Gasteiger partial charge in [0.25, 0.3) is 0 Å². The number of halogens is 3. The molecule has 4 aliphatic carbocycles. The average molecular weight is 508 g/mol. The fourth-order valence-corrected chi connectivity index (χ4v) is 6.72. The van der Waals surface area contributed by atoms with Crippen LogP contribution in [0, 0.1) is 52.2 Å². The lowest BCUT2D eigenvalue weighted by molar-refractivity contribution is -0.127. The molecule has 0 spiro atoms. The third-order valence-electron chi connectivity index (χ3n) is 8.40. The van der Waals surface area contributed by atoms with Crippen LogP contribution in [-0.2, 0) is 9.59 Å². The zero-order valence-corrected chi connectivity index (χ0v) is 20.4. The van der Waals surface area contributed by atoms with Crippen LogP contribution < -0.4 is 10.6 Å². The van der Waals surface area contributed by atoms with Gasteiger partial charge >= 0.3 is 0 Å². The predicted molar refractivity (Wildman–Crippen MR) is 124 cm³/mol. The molecule has 5 rings (SSSR count). The Bertz CT molecular complexity index is 1070. The minimum absolute atomic E-state index is 0.113. The van der Waals surface area contributed by atoms with Gasteiger partial charge in [0.15, 0.2) is 0 Å². The van der Waals surface area contributed by atoms with E-state index in [0.29, 0.717) is 18.3 Å². The summed E-state index contributed by atoms with van der Waals surface area (Å²) in [4.78, 5) is 25.7. The highest BCUT2D eigenvalue weighted by Crippen LogP contribution is 2.64. The molecule has 0 bridgehead atoms. The van der Waals surface area contributed by atoms with Gasteiger partial charge in [-0.3, -0.25) is 9.59 Å². The van der Waals surface area contributed by atoms with Gasteiger partial charge in [0.1, 0.15) is 5.82 Å². The summed E-state index contributed by atoms with van der Waals surface area (Å²) in [6.07, 6.45) is 3.07. The van der Waals surface area contributed by atoms with E-state index < -0.39 is 29.9 Å². The predicted octanol–water partition coefficient (Wildman–Crippen LogP) is 4.14. The second kappa shape index (κ2) is 8.65. The van der Waals surface area contributed by atoms with Crippen molar-refractivity contribution in [2.75, 3.05) is 0 Å². The van der Waals surface area contributed by atoms with E-state index in [1.165, 1.54) is 18.6 Å². The van der Waals surface area contributed by atoms with E-state index in [2.05, 4.69) is 23.6 Å². The summed E-state index contributed by atoms with van der Waals surface area (Å²) in [5, 5.41) is 25.7. The fourth-order valence-electron chi connectivity index (χ4n) is 6.29. The molecule has 0 saturated heterocycles. The van der Waals surface area contributed by atoms with Crippen molar-refractivity contribution in [2.45, 2.75) is 63.6 Å². The molecule has 4 fully saturated rings. The molecule has 0 heterocycles. The molecule has 182 valence electrons. The van der Waals surface area contributed by atoms with E-state index in [-0.39, 0.29) is 57.5 Å². The lowest BCUT2D eigenvalue weighted by Gasteiger charge is -2.38. The molecule has 9 heteroatoms. The highest BCUT2D eigenvalue weighted by atomic mass is 35.5. The van der Waals surface area contributed by atoms with E-state index >= 15 is 4.39 Å². The summed E-state index contributed by atoms with van der Waals surface area (Å²) < 4.78 is 15.0. The van der Waals surface area contributed by atoms with Gasteiger partial charge in [-0.2, -0.15) is 5.26 Å². The van der Waals surface area contributed by atoms with Crippen molar-refractivity contribution in [1.82, 2.24) is 10.6 Å². The molecule has 2 amide bonds. The average Bonchev–Trinajstić information content (AvgIpc) is 3.67. The molecule has 1 unspecified atom stereocenters. The maximum Gasteiger partial charge on any atom is 0.224 e. The van der Waals surface area contributed by atoms with Gasteiger partial charge in [-0.15, -0.1) is 0 Å². The Kier molecular flexibility index (Phi) is 6.07. The van der Waals surface area contributed by atoms with Gasteiger partial charge in [0, 0.05) is 11.5 Å². The molecule has 9 atom stereocenters. The molecule has 1 aromatic rings. The number of rotatable bonds is 6. The minimum atomic E-state index is -0.862. The second-order valence-electron chi connectivity index (χ2n) is 10.9. The molecular formula is C25H28Cl2FN3O3. The zero-order chi connectivity index (χ0) is 24.4. The van der Waals surface area contributed by atoms with Gasteiger partial charge in [0.2, 0.25) is 11.8 Å². The van der Waals surface area contributed by atoms with Crippen molar-refractivity contribution >= 4 is 35.0 Å². The lowest BCUT2D eigenvalue weighted by atomic mass is 9.74. The normalized spacial score (nSPS) is 38.5. The first-order valence-corrected chi connectivity index (χ1v) is 12.7. The smallest absolute Gasteiger partial charge is 0.224 e. The molecule has 34 heavy (non-hydrogen) atoms. The summed E-state index contributed by atoms with van der Waals surface area (Å²) in [6.45, 7) is 2.06. The number of nitrogens with one attached hydrogen (secondary N) is 2. The first kappa shape index (κ1) is 23.8. The Balaban J connectivity index is 1.32. The monoisotopic (exact) mass is 507 g/mol. The third-order valence-corrected chi connectivity index (χ3v) is 9.22. The van der Waals surface area contributed by atoms with Crippen LogP contribution in [0.2, 0.25) is 10.0 Å². The second-order valence-corrected chi connectivity index (χ2v) is 11.7. The maximum atomic E-state index is 15.0. The highest BCUT2D eigenvalue weighted by Gasteiger charge is 2.56. The Hall–Kier alpha value is -1.88. The van der Waals surface area contributed by atoms with Crippen LogP contribution in [0.3, 0.4) is 0 Å². The van der Waals surface area contributed by atoms with Crippen molar-refractivity contribution in [1.29, 1.82) is 5.26 Å². The Morgan fingerprint density at radius 3 is 2.53 bits per heavy atom. The molecular weight excluding hydrogens is 480 g/mol. The van der Waals surface area contributed by atoms with Gasteiger partial charge in [-0.1, -0.05) is 30.1 Å². The Labute approximate surface area is 208 Å². The molecule has 1 aromatic carbocycles. The number of aliphatic hydroxyl groups is 1. The van der Waals surface area contributed by atoms with Gasteiger partial charge < -0.3 is 15.7 Å². The van der Waals surface area contributed by atoms with Crippen molar-refractivity contribution in [3.05, 3.63) is 33.6 Å².